The molecule has 1 N–H and O–H groups in total. The molecule has 0 aliphatic rings. The van der Waals surface area contributed by atoms with Gasteiger partial charge >= 0.3 is 0 Å². The number of aliphatic hydroxyl groups excluding tert-OH is 1. The monoisotopic (exact) mass is 581 g/mol. The maximum absolute atomic E-state index is 13.9. The van der Waals surface area contributed by atoms with Crippen LogP contribution in [0.25, 0.3) is 0 Å². The SMILES string of the molecule is COc1ccc(S(=O)(=O)N(CC(C)C)C[C@@H](O)[C@H](Cc2ccccc2)N(C)C(=O)c2cc(N(C)C)ccc2C)cc1. The standard InChI is InChI=1S/C32H43N3O5S/c1-23(2)21-35(41(38,39)28-17-15-27(40-7)16-18-28)22-31(36)30(19-25-11-9-8-10-12-25)34(6)32(37)29-20-26(33(4)5)14-13-24(29)3/h8-18,20,23,30-31,36H,19,21-22H2,1-7H3/t30-,31+/m0/s1. The number of rotatable bonds is 13. The molecule has 0 heterocycles. The number of likely N-dealkylation sites (N-methyl/N-ethyl adjacent to an activating group) is 1. The zero-order chi connectivity index (χ0) is 30.3. The number of aryl methyl sites for hydroxylation is 1. The van der Waals surface area contributed by atoms with Crippen LogP contribution in [-0.4, -0.2) is 82.1 Å². The van der Waals surface area contributed by atoms with Gasteiger partial charge in [-0.3, -0.25) is 4.79 Å². The van der Waals surface area contributed by atoms with E-state index >= 15 is 0 Å². The largest absolute Gasteiger partial charge is 0.497 e. The molecular weight excluding hydrogens is 538 g/mol. The molecule has 41 heavy (non-hydrogen) atoms. The Morgan fingerprint density at radius 3 is 2.12 bits per heavy atom. The molecule has 0 aromatic heterocycles. The molecule has 1 amide bonds. The number of benzene rings is 3. The molecule has 0 saturated carbocycles. The van der Waals surface area contributed by atoms with Crippen molar-refractivity contribution < 1.29 is 23.1 Å². The third-order valence-electron chi connectivity index (χ3n) is 7.17. The second-order valence-electron chi connectivity index (χ2n) is 11.0. The number of sulfonamides is 1. The number of nitrogens with zero attached hydrogens (tertiary/aromatic N) is 3. The zero-order valence-electron chi connectivity index (χ0n) is 25.1. The summed E-state index contributed by atoms with van der Waals surface area (Å²) < 4.78 is 34.0. The van der Waals surface area contributed by atoms with E-state index in [1.165, 1.54) is 23.5 Å². The third kappa shape index (κ3) is 8.09. The summed E-state index contributed by atoms with van der Waals surface area (Å²) in [6.07, 6.45) is -0.803. The predicted molar refractivity (Wildman–Crippen MR) is 164 cm³/mol. The molecule has 222 valence electrons. The maximum Gasteiger partial charge on any atom is 0.254 e. The Bertz CT molecular complexity index is 1390. The molecule has 0 aliphatic heterocycles. The number of carbonyl (C=O) groups excluding carboxylic acids is 1. The lowest BCUT2D eigenvalue weighted by molar-refractivity contribution is 0.0370. The summed E-state index contributed by atoms with van der Waals surface area (Å²) in [5.41, 5.74) is 3.18. The molecule has 0 unspecified atom stereocenters. The van der Waals surface area contributed by atoms with Gasteiger partial charge < -0.3 is 19.6 Å². The van der Waals surface area contributed by atoms with E-state index in [1.54, 1.807) is 24.1 Å². The molecule has 8 nitrogen and oxygen atoms in total. The number of methoxy groups -OCH3 is 1. The number of hydrogen-bond donors (Lipinski definition) is 1. The van der Waals surface area contributed by atoms with E-state index < -0.39 is 22.2 Å². The Morgan fingerprint density at radius 1 is 0.927 bits per heavy atom. The first-order valence-corrected chi connectivity index (χ1v) is 15.2. The normalized spacial score (nSPS) is 13.2. The van der Waals surface area contributed by atoms with Gasteiger partial charge in [0.1, 0.15) is 5.75 Å². The van der Waals surface area contributed by atoms with Crippen LogP contribution in [0.3, 0.4) is 0 Å². The van der Waals surface area contributed by atoms with E-state index in [1.807, 2.05) is 88.3 Å². The molecule has 0 fully saturated rings. The third-order valence-corrected chi connectivity index (χ3v) is 9.02. The van der Waals surface area contributed by atoms with Gasteiger partial charge in [0.2, 0.25) is 10.0 Å². The van der Waals surface area contributed by atoms with E-state index in [4.69, 9.17) is 4.74 Å². The number of amides is 1. The summed E-state index contributed by atoms with van der Waals surface area (Å²) in [7, 11) is 3.09. The van der Waals surface area contributed by atoms with Gasteiger partial charge in [0.05, 0.1) is 24.2 Å². The molecule has 9 heteroatoms. The maximum atomic E-state index is 13.9. The lowest BCUT2D eigenvalue weighted by atomic mass is 9.98. The van der Waals surface area contributed by atoms with Crippen LogP contribution in [0.5, 0.6) is 5.75 Å². The van der Waals surface area contributed by atoms with E-state index in [0.29, 0.717) is 17.7 Å². The lowest BCUT2D eigenvalue weighted by Crippen LogP contribution is -2.51. The van der Waals surface area contributed by atoms with Crippen LogP contribution in [0.2, 0.25) is 0 Å². The molecular formula is C32H43N3O5S. The van der Waals surface area contributed by atoms with E-state index in [0.717, 1.165) is 16.8 Å². The minimum absolute atomic E-state index is 0.0126. The van der Waals surface area contributed by atoms with Crippen molar-refractivity contribution in [2.75, 3.05) is 46.2 Å². The van der Waals surface area contributed by atoms with Gasteiger partial charge in [-0.05, 0) is 66.8 Å². The number of carbonyl (C=O) groups is 1. The Kier molecular flexibility index (Phi) is 11.0. The van der Waals surface area contributed by atoms with Crippen molar-refractivity contribution in [1.82, 2.24) is 9.21 Å². The van der Waals surface area contributed by atoms with E-state index in [9.17, 15) is 18.3 Å². The van der Waals surface area contributed by atoms with Gasteiger partial charge in [-0.15, -0.1) is 0 Å². The molecule has 0 radical (unpaired) electrons. The highest BCUT2D eigenvalue weighted by atomic mass is 32.2. The number of hydrogen-bond acceptors (Lipinski definition) is 6. The van der Waals surface area contributed by atoms with Crippen molar-refractivity contribution >= 4 is 21.6 Å². The number of ether oxygens (including phenoxy) is 1. The summed E-state index contributed by atoms with van der Waals surface area (Å²) >= 11 is 0. The minimum atomic E-state index is -3.93. The molecule has 0 saturated heterocycles. The quantitative estimate of drug-likeness (QED) is 0.321. The van der Waals surface area contributed by atoms with Gasteiger partial charge in [-0.25, -0.2) is 8.42 Å². The van der Waals surface area contributed by atoms with Crippen molar-refractivity contribution in [3.8, 4) is 5.75 Å². The van der Waals surface area contributed by atoms with Crippen LogP contribution in [0.15, 0.2) is 77.7 Å². The average molecular weight is 582 g/mol. The van der Waals surface area contributed by atoms with Crippen molar-refractivity contribution in [3.05, 3.63) is 89.5 Å². The highest BCUT2D eigenvalue weighted by Crippen LogP contribution is 2.24. The van der Waals surface area contributed by atoms with E-state index in [-0.39, 0.29) is 29.8 Å². The van der Waals surface area contributed by atoms with Crippen LogP contribution < -0.4 is 9.64 Å². The summed E-state index contributed by atoms with van der Waals surface area (Å²) in [4.78, 5) is 17.5. The van der Waals surface area contributed by atoms with E-state index in [2.05, 4.69) is 0 Å². The summed E-state index contributed by atoms with van der Waals surface area (Å²) in [5.74, 6) is 0.328. The fraction of sp³-hybridized carbons (Fsp3) is 0.406. The van der Waals surface area contributed by atoms with Crippen molar-refractivity contribution in [2.45, 2.75) is 44.2 Å². The fourth-order valence-corrected chi connectivity index (χ4v) is 6.37. The molecule has 3 rings (SSSR count). The smallest absolute Gasteiger partial charge is 0.254 e. The second kappa shape index (κ2) is 14.0. The minimum Gasteiger partial charge on any atom is -0.497 e. The number of aliphatic hydroxyl groups is 1. The van der Waals surface area contributed by atoms with Gasteiger partial charge in [0, 0.05) is 45.5 Å². The van der Waals surface area contributed by atoms with Crippen LogP contribution in [0, 0.1) is 12.8 Å². The van der Waals surface area contributed by atoms with Crippen LogP contribution in [0.1, 0.15) is 35.3 Å². The molecule has 2 atom stereocenters. The van der Waals surface area contributed by atoms with Gasteiger partial charge in [-0.1, -0.05) is 50.2 Å². The first-order valence-electron chi connectivity index (χ1n) is 13.8. The molecule has 0 aliphatic carbocycles. The highest BCUT2D eigenvalue weighted by molar-refractivity contribution is 7.89. The number of anilines is 1. The summed E-state index contributed by atoms with van der Waals surface area (Å²) in [6.45, 7) is 5.79. The molecule has 0 spiro atoms. The summed E-state index contributed by atoms with van der Waals surface area (Å²) in [5, 5.41) is 11.7. The van der Waals surface area contributed by atoms with Crippen LogP contribution >= 0.6 is 0 Å². The van der Waals surface area contributed by atoms with Gasteiger partial charge in [0.25, 0.3) is 5.91 Å². The average Bonchev–Trinajstić information content (AvgIpc) is 2.95. The Labute approximate surface area is 245 Å². The predicted octanol–water partition coefficient (Wildman–Crippen LogP) is 4.46. The van der Waals surface area contributed by atoms with Gasteiger partial charge in [-0.2, -0.15) is 4.31 Å². The van der Waals surface area contributed by atoms with Crippen LogP contribution in [-0.2, 0) is 16.4 Å². The van der Waals surface area contributed by atoms with Gasteiger partial charge in [0.15, 0.2) is 0 Å². The Morgan fingerprint density at radius 2 is 1.56 bits per heavy atom. The topological polar surface area (TPSA) is 90.4 Å². The van der Waals surface area contributed by atoms with Crippen molar-refractivity contribution in [3.63, 3.8) is 0 Å². The first kappa shape index (κ1) is 32.1. The fourth-order valence-electron chi connectivity index (χ4n) is 4.75. The zero-order valence-corrected chi connectivity index (χ0v) is 25.9. The van der Waals surface area contributed by atoms with Crippen molar-refractivity contribution in [2.24, 2.45) is 5.92 Å². The second-order valence-corrected chi connectivity index (χ2v) is 13.0. The lowest BCUT2D eigenvalue weighted by Gasteiger charge is -2.35. The molecule has 3 aromatic carbocycles. The van der Waals surface area contributed by atoms with Crippen LogP contribution in [0.4, 0.5) is 5.69 Å². The Balaban J connectivity index is 1.98. The molecule has 0 bridgehead atoms. The molecule has 3 aromatic rings. The summed E-state index contributed by atoms with van der Waals surface area (Å²) in [6, 6.07) is 20.8. The van der Waals surface area contributed by atoms with Crippen molar-refractivity contribution in [1.29, 1.82) is 0 Å². The first-order chi connectivity index (χ1) is 19.3. The highest BCUT2D eigenvalue weighted by Gasteiger charge is 2.34. The Hall–Kier alpha value is -3.40.